The van der Waals surface area contributed by atoms with Gasteiger partial charge in [0.1, 0.15) is 5.82 Å². The van der Waals surface area contributed by atoms with Crippen LogP contribution in [-0.4, -0.2) is 45.5 Å². The molecule has 0 atom stereocenters. The van der Waals surface area contributed by atoms with E-state index < -0.39 is 0 Å². The zero-order chi connectivity index (χ0) is 12.5. The van der Waals surface area contributed by atoms with Crippen LogP contribution in [0.25, 0.3) is 0 Å². The molecule has 0 spiro atoms. The van der Waals surface area contributed by atoms with E-state index in [0.717, 1.165) is 31.8 Å². The number of hydrogen-bond acceptors (Lipinski definition) is 5. The smallest absolute Gasteiger partial charge is 0.125 e. The molecule has 0 aromatic carbocycles. The molecule has 0 saturated carbocycles. The van der Waals surface area contributed by atoms with Crippen LogP contribution >= 0.6 is 0 Å². The topological polar surface area (TPSA) is 60.6 Å². The van der Waals surface area contributed by atoms with Gasteiger partial charge in [0.2, 0.25) is 0 Å². The normalized spacial score (nSPS) is 10.5. The molecule has 0 aliphatic heterocycles. The number of nitrogen functional groups attached to an aromatic ring is 1. The first-order chi connectivity index (χ1) is 8.27. The van der Waals surface area contributed by atoms with E-state index >= 15 is 0 Å². The van der Waals surface area contributed by atoms with Gasteiger partial charge in [-0.1, -0.05) is 0 Å². The Morgan fingerprint density at radius 1 is 1.24 bits per heavy atom. The van der Waals surface area contributed by atoms with Gasteiger partial charge in [0.25, 0.3) is 0 Å². The highest BCUT2D eigenvalue weighted by Gasteiger charge is 2.06. The molecule has 0 fully saturated rings. The monoisotopic (exact) mass is 239 g/mol. The van der Waals surface area contributed by atoms with Crippen molar-refractivity contribution in [2.45, 2.75) is 6.42 Å². The van der Waals surface area contributed by atoms with Crippen LogP contribution < -0.4 is 10.6 Å². The van der Waals surface area contributed by atoms with Crippen LogP contribution in [0.2, 0.25) is 0 Å². The highest BCUT2D eigenvalue weighted by atomic mass is 16.5. The summed E-state index contributed by atoms with van der Waals surface area (Å²) in [4.78, 5) is 6.22. The van der Waals surface area contributed by atoms with E-state index in [4.69, 9.17) is 15.2 Å². The SMILES string of the molecule is COCCCN(CCOC)c1ccnc(N)c1. The van der Waals surface area contributed by atoms with E-state index in [1.807, 2.05) is 12.1 Å². The molecule has 1 aromatic heterocycles. The number of ether oxygens (including phenoxy) is 2. The highest BCUT2D eigenvalue weighted by Crippen LogP contribution is 2.15. The molecule has 1 heterocycles. The Bertz CT molecular complexity index is 320. The number of nitrogens with two attached hydrogens (primary N) is 1. The van der Waals surface area contributed by atoms with Crippen LogP contribution in [0.3, 0.4) is 0 Å². The third kappa shape index (κ3) is 5.01. The van der Waals surface area contributed by atoms with Crippen LogP contribution in [-0.2, 0) is 9.47 Å². The predicted octanol–water partition coefficient (Wildman–Crippen LogP) is 1.15. The molecule has 0 saturated heterocycles. The molecule has 0 bridgehead atoms. The number of nitrogens with zero attached hydrogens (tertiary/aromatic N) is 2. The van der Waals surface area contributed by atoms with Crippen molar-refractivity contribution in [2.24, 2.45) is 0 Å². The summed E-state index contributed by atoms with van der Waals surface area (Å²) in [6.45, 7) is 3.20. The molecule has 1 aromatic rings. The van der Waals surface area contributed by atoms with Crippen LogP contribution in [0.1, 0.15) is 6.42 Å². The van der Waals surface area contributed by atoms with Crippen molar-refractivity contribution in [1.29, 1.82) is 0 Å². The minimum atomic E-state index is 0.539. The zero-order valence-corrected chi connectivity index (χ0v) is 10.6. The molecule has 2 N–H and O–H groups in total. The standard InChI is InChI=1S/C12H21N3O2/c1-16-8-3-6-15(7-9-17-2)11-4-5-14-12(13)10-11/h4-5,10H,3,6-9H2,1-2H3,(H2,13,14). The van der Waals surface area contributed by atoms with Gasteiger partial charge < -0.3 is 20.1 Å². The maximum absolute atomic E-state index is 5.69. The molecule has 17 heavy (non-hydrogen) atoms. The molecular formula is C12H21N3O2. The van der Waals surface area contributed by atoms with Gasteiger partial charge in [-0.15, -0.1) is 0 Å². The molecule has 0 radical (unpaired) electrons. The van der Waals surface area contributed by atoms with Crippen LogP contribution in [0.4, 0.5) is 11.5 Å². The molecule has 96 valence electrons. The average molecular weight is 239 g/mol. The second kappa shape index (κ2) is 7.86. The molecule has 5 nitrogen and oxygen atoms in total. The third-order valence-corrected chi connectivity index (χ3v) is 2.47. The van der Waals surface area contributed by atoms with Gasteiger partial charge in [-0.3, -0.25) is 0 Å². The van der Waals surface area contributed by atoms with E-state index in [1.165, 1.54) is 0 Å². The lowest BCUT2D eigenvalue weighted by molar-refractivity contribution is 0.191. The van der Waals surface area contributed by atoms with Crippen LogP contribution in [0.5, 0.6) is 0 Å². The molecule has 0 unspecified atom stereocenters. The van der Waals surface area contributed by atoms with Gasteiger partial charge in [-0.05, 0) is 12.5 Å². The van der Waals surface area contributed by atoms with Crippen molar-refractivity contribution in [2.75, 3.05) is 51.2 Å². The summed E-state index contributed by atoms with van der Waals surface area (Å²) < 4.78 is 10.2. The van der Waals surface area contributed by atoms with E-state index in [2.05, 4.69) is 9.88 Å². The first-order valence-electron chi connectivity index (χ1n) is 5.72. The second-order valence-corrected chi connectivity index (χ2v) is 3.77. The zero-order valence-electron chi connectivity index (χ0n) is 10.6. The van der Waals surface area contributed by atoms with Gasteiger partial charge in [-0.2, -0.15) is 0 Å². The fourth-order valence-corrected chi connectivity index (χ4v) is 1.60. The van der Waals surface area contributed by atoms with Crippen molar-refractivity contribution in [1.82, 2.24) is 4.98 Å². The fraction of sp³-hybridized carbons (Fsp3) is 0.583. The predicted molar refractivity (Wildman–Crippen MR) is 69.2 cm³/mol. The first-order valence-corrected chi connectivity index (χ1v) is 5.72. The van der Waals surface area contributed by atoms with Crippen molar-refractivity contribution < 1.29 is 9.47 Å². The van der Waals surface area contributed by atoms with Crippen molar-refractivity contribution in [3.05, 3.63) is 18.3 Å². The van der Waals surface area contributed by atoms with Crippen molar-refractivity contribution >= 4 is 11.5 Å². The van der Waals surface area contributed by atoms with E-state index in [1.54, 1.807) is 20.4 Å². The van der Waals surface area contributed by atoms with E-state index in [9.17, 15) is 0 Å². The number of anilines is 2. The summed E-state index contributed by atoms with van der Waals surface area (Å²) in [5.41, 5.74) is 6.76. The number of aromatic nitrogens is 1. The van der Waals surface area contributed by atoms with Gasteiger partial charge in [-0.25, -0.2) is 4.98 Å². The lowest BCUT2D eigenvalue weighted by Crippen LogP contribution is -2.29. The lowest BCUT2D eigenvalue weighted by Gasteiger charge is -2.24. The second-order valence-electron chi connectivity index (χ2n) is 3.77. The van der Waals surface area contributed by atoms with Crippen LogP contribution in [0.15, 0.2) is 18.3 Å². The average Bonchev–Trinajstić information content (AvgIpc) is 2.33. The molecular weight excluding hydrogens is 218 g/mol. The van der Waals surface area contributed by atoms with Crippen molar-refractivity contribution in [3.63, 3.8) is 0 Å². The Morgan fingerprint density at radius 3 is 2.65 bits per heavy atom. The summed E-state index contributed by atoms with van der Waals surface area (Å²) >= 11 is 0. The Morgan fingerprint density at radius 2 is 2.00 bits per heavy atom. The molecule has 0 aliphatic carbocycles. The van der Waals surface area contributed by atoms with Crippen LogP contribution in [0, 0.1) is 0 Å². The first kappa shape index (κ1) is 13.7. The lowest BCUT2D eigenvalue weighted by atomic mass is 10.3. The van der Waals surface area contributed by atoms with E-state index in [-0.39, 0.29) is 0 Å². The summed E-state index contributed by atoms with van der Waals surface area (Å²) in [6, 6.07) is 3.83. The fourth-order valence-electron chi connectivity index (χ4n) is 1.60. The maximum atomic E-state index is 5.69. The Labute approximate surface area is 103 Å². The molecule has 0 amide bonds. The minimum Gasteiger partial charge on any atom is -0.385 e. The maximum Gasteiger partial charge on any atom is 0.125 e. The van der Waals surface area contributed by atoms with Gasteiger partial charge in [0, 0.05) is 51.9 Å². The Hall–Kier alpha value is -1.33. The van der Waals surface area contributed by atoms with E-state index in [0.29, 0.717) is 12.4 Å². The summed E-state index contributed by atoms with van der Waals surface area (Å²) in [6.07, 6.45) is 2.70. The summed E-state index contributed by atoms with van der Waals surface area (Å²) in [5.74, 6) is 0.539. The summed E-state index contributed by atoms with van der Waals surface area (Å²) in [5, 5.41) is 0. The largest absolute Gasteiger partial charge is 0.385 e. The van der Waals surface area contributed by atoms with Gasteiger partial charge in [0.05, 0.1) is 6.61 Å². The third-order valence-electron chi connectivity index (χ3n) is 2.47. The number of rotatable bonds is 8. The molecule has 1 rings (SSSR count). The van der Waals surface area contributed by atoms with Gasteiger partial charge >= 0.3 is 0 Å². The molecule has 5 heteroatoms. The Balaban J connectivity index is 2.60. The minimum absolute atomic E-state index is 0.539. The van der Waals surface area contributed by atoms with Gasteiger partial charge in [0.15, 0.2) is 0 Å². The number of methoxy groups -OCH3 is 2. The highest BCUT2D eigenvalue weighted by molar-refractivity contribution is 5.51. The number of hydrogen-bond donors (Lipinski definition) is 1. The quantitative estimate of drug-likeness (QED) is 0.690. The Kier molecular flexibility index (Phi) is 6.35. The number of pyridine rings is 1. The molecule has 0 aliphatic rings. The van der Waals surface area contributed by atoms with Crippen molar-refractivity contribution in [3.8, 4) is 0 Å². The summed E-state index contributed by atoms with van der Waals surface area (Å²) in [7, 11) is 3.41.